The number of fused-ring (bicyclic) bond motifs is 12. The van der Waals surface area contributed by atoms with Gasteiger partial charge >= 0.3 is 0 Å². The lowest BCUT2D eigenvalue weighted by Crippen LogP contribution is -2.46. The maximum absolute atomic E-state index is 6.82. The summed E-state index contributed by atoms with van der Waals surface area (Å²) in [5.74, 6) is 0.776. The molecule has 4 fully saturated rings. The van der Waals surface area contributed by atoms with Crippen LogP contribution in [-0.4, -0.2) is 26.3 Å². The van der Waals surface area contributed by atoms with E-state index in [0.717, 1.165) is 6.42 Å². The van der Waals surface area contributed by atoms with Gasteiger partial charge in [-0.2, -0.15) is 0 Å². The molecule has 3 saturated carbocycles. The van der Waals surface area contributed by atoms with E-state index in [0.29, 0.717) is 21.9 Å². The van der Waals surface area contributed by atoms with Crippen LogP contribution in [0, 0.1) is 23.7 Å². The summed E-state index contributed by atoms with van der Waals surface area (Å²) in [6.45, 7) is 0. The van der Waals surface area contributed by atoms with Gasteiger partial charge in [0.25, 0.3) is 0 Å². The van der Waals surface area contributed by atoms with Crippen LogP contribution in [0.3, 0.4) is 0 Å². The van der Waals surface area contributed by atoms with Crippen molar-refractivity contribution in [1.29, 1.82) is 0 Å². The molecule has 4 bridgehead atoms. The molecule has 0 aromatic carbocycles. The molecule has 1 aliphatic heterocycles. The van der Waals surface area contributed by atoms with Gasteiger partial charge in [-0.05, 0) is 30.1 Å². The van der Waals surface area contributed by atoms with Crippen molar-refractivity contribution in [3.05, 3.63) is 10.1 Å². The summed E-state index contributed by atoms with van der Waals surface area (Å²) in [6.07, 6.45) is 1.63. The predicted molar refractivity (Wildman–Crippen MR) is 77.6 cm³/mol. The van der Waals surface area contributed by atoms with Gasteiger partial charge in [-0.15, -0.1) is 23.2 Å². The van der Waals surface area contributed by atoms with Crippen LogP contribution in [0.5, 0.6) is 0 Å². The van der Waals surface area contributed by atoms with E-state index in [9.17, 15) is 0 Å². The Balaban J connectivity index is 1.80. The number of allylic oxidation sites excluding steroid dienone is 2. The van der Waals surface area contributed by atoms with Gasteiger partial charge in [0.1, 0.15) is 9.75 Å². The van der Waals surface area contributed by atoms with E-state index in [1.54, 1.807) is 0 Å². The van der Waals surface area contributed by atoms with Gasteiger partial charge in [0, 0.05) is 0 Å². The van der Waals surface area contributed by atoms with Gasteiger partial charge in [-0.3, -0.25) is 0 Å². The summed E-state index contributed by atoms with van der Waals surface area (Å²) in [7, 11) is 0. The highest BCUT2D eigenvalue weighted by atomic mass is 35.5. The number of hydrogen-bond acceptors (Lipinski definition) is 1. The maximum atomic E-state index is 6.82. The summed E-state index contributed by atoms with van der Waals surface area (Å²) in [5, 5.41) is 0.642. The monoisotopic (exact) mass is 378 g/mol. The van der Waals surface area contributed by atoms with Crippen molar-refractivity contribution in [1.82, 2.24) is 0 Å². The van der Waals surface area contributed by atoms with Crippen molar-refractivity contribution >= 4 is 69.6 Å². The van der Waals surface area contributed by atoms with E-state index in [4.69, 9.17) is 74.3 Å². The Kier molecular flexibility index (Phi) is 2.18. The lowest BCUT2D eigenvalue weighted by Gasteiger charge is -2.38. The quantitative estimate of drug-likeness (QED) is 0.343. The molecule has 7 heteroatoms. The van der Waals surface area contributed by atoms with Crippen LogP contribution in [0.4, 0.5) is 0 Å². The summed E-state index contributed by atoms with van der Waals surface area (Å²) < 4.78 is 4.35. The molecule has 1 nitrogen and oxygen atoms in total. The number of rotatable bonds is 0. The molecule has 8 atom stereocenters. The Hall–Kier alpha value is 1.44. The Morgan fingerprint density at radius 3 is 1.68 bits per heavy atom. The zero-order valence-electron chi connectivity index (χ0n) is 9.35. The molecule has 0 radical (unpaired) electrons. The van der Waals surface area contributed by atoms with Crippen LogP contribution < -0.4 is 0 Å². The number of epoxide rings is 1. The molecule has 1 unspecified atom stereocenters. The first kappa shape index (κ1) is 12.9. The van der Waals surface area contributed by atoms with E-state index in [-0.39, 0.29) is 24.0 Å². The van der Waals surface area contributed by atoms with Crippen molar-refractivity contribution in [2.75, 3.05) is 0 Å². The topological polar surface area (TPSA) is 12.5 Å². The third kappa shape index (κ3) is 0.986. The van der Waals surface area contributed by atoms with Gasteiger partial charge in [0.15, 0.2) is 4.33 Å². The molecule has 4 aliphatic carbocycles. The Bertz CT molecular complexity index is 516. The molecular weight excluding hydrogens is 373 g/mol. The van der Waals surface area contributed by atoms with Crippen LogP contribution in [-0.2, 0) is 4.74 Å². The van der Waals surface area contributed by atoms with Gasteiger partial charge in [0.2, 0.25) is 0 Å². The maximum Gasteiger partial charge on any atom is 0.166 e. The zero-order chi connectivity index (χ0) is 13.5. The first-order valence-corrected chi connectivity index (χ1v) is 8.52. The van der Waals surface area contributed by atoms with Gasteiger partial charge in [-0.25, -0.2) is 0 Å². The number of ether oxygens (including phenoxy) is 1. The second-order valence-corrected chi connectivity index (χ2v) is 9.58. The number of halogens is 6. The van der Waals surface area contributed by atoms with Gasteiger partial charge in [-0.1, -0.05) is 46.4 Å². The predicted octanol–water partition coefficient (Wildman–Crippen LogP) is 4.48. The summed E-state index contributed by atoms with van der Waals surface area (Å²) in [6, 6.07) is 0. The molecule has 0 amide bonds. The second-order valence-electron chi connectivity index (χ2n) is 6.31. The van der Waals surface area contributed by atoms with Crippen molar-refractivity contribution in [3.8, 4) is 0 Å². The normalized spacial score (nSPS) is 66.6. The van der Waals surface area contributed by atoms with Crippen LogP contribution in [0.15, 0.2) is 10.1 Å². The molecule has 1 heterocycles. The Labute approximate surface area is 140 Å². The fraction of sp³-hybridized carbons (Fsp3) is 0.833. The molecule has 1 saturated heterocycles. The van der Waals surface area contributed by atoms with Crippen molar-refractivity contribution in [2.24, 2.45) is 23.7 Å². The SMILES string of the molecule is ClC1=C(Cl)[C@@]2(Cl)[C@H]3[C@@H]4C[C@@H]([C@H]5O[C@@H]45)[C@H]3C1(Cl)C2(Cl)Cl. The molecule has 5 aliphatic rings. The first-order chi connectivity index (χ1) is 8.78. The fourth-order valence-electron chi connectivity index (χ4n) is 5.30. The van der Waals surface area contributed by atoms with Crippen LogP contribution >= 0.6 is 69.6 Å². The third-order valence-corrected chi connectivity index (χ3v) is 10.2. The molecule has 0 aromatic heterocycles. The summed E-state index contributed by atoms with van der Waals surface area (Å²) in [4.78, 5) is -2.17. The molecule has 104 valence electrons. The first-order valence-electron chi connectivity index (χ1n) is 6.25. The van der Waals surface area contributed by atoms with Crippen molar-refractivity contribution < 1.29 is 4.74 Å². The standard InChI is InChI=1S/C12H8Cl6O/c13-8-9(14)11(16)5-3-1-2(6-7(3)19-6)4(5)10(8,15)12(11,17)18/h2-7H,1H2/t2-,3+,4-,5+,6-,7+,10-,11?/m0/s1. The van der Waals surface area contributed by atoms with E-state index in [1.165, 1.54) is 0 Å². The largest absolute Gasteiger partial charge is 0.369 e. The average Bonchev–Trinajstić information content (AvgIpc) is 2.91. The lowest BCUT2D eigenvalue weighted by atomic mass is 9.73. The highest BCUT2D eigenvalue weighted by Crippen LogP contribution is 2.84. The van der Waals surface area contributed by atoms with E-state index in [2.05, 4.69) is 0 Å². The van der Waals surface area contributed by atoms with E-state index in [1.807, 2.05) is 0 Å². The van der Waals surface area contributed by atoms with Gasteiger partial charge in [0.05, 0.1) is 22.3 Å². The zero-order valence-corrected chi connectivity index (χ0v) is 13.9. The van der Waals surface area contributed by atoms with Gasteiger partial charge < -0.3 is 4.74 Å². The smallest absolute Gasteiger partial charge is 0.166 e. The number of hydrogen-bond donors (Lipinski definition) is 0. The molecule has 0 aromatic rings. The van der Waals surface area contributed by atoms with Crippen molar-refractivity contribution in [2.45, 2.75) is 32.7 Å². The van der Waals surface area contributed by atoms with Crippen LogP contribution in [0.2, 0.25) is 0 Å². The Morgan fingerprint density at radius 1 is 0.842 bits per heavy atom. The molecular formula is C12H8Cl6O. The summed E-state index contributed by atoms with van der Waals surface area (Å²) in [5.41, 5.74) is 0. The molecule has 19 heavy (non-hydrogen) atoms. The van der Waals surface area contributed by atoms with Crippen LogP contribution in [0.25, 0.3) is 0 Å². The van der Waals surface area contributed by atoms with E-state index >= 15 is 0 Å². The second kappa shape index (κ2) is 3.20. The van der Waals surface area contributed by atoms with E-state index < -0.39 is 14.1 Å². The fourth-order valence-corrected chi connectivity index (χ4v) is 8.43. The Morgan fingerprint density at radius 2 is 1.26 bits per heavy atom. The minimum absolute atomic E-state index is 0.0467. The molecule has 5 rings (SSSR count). The average molecular weight is 381 g/mol. The number of alkyl halides is 4. The minimum Gasteiger partial charge on any atom is -0.369 e. The highest BCUT2D eigenvalue weighted by molar-refractivity contribution is 6.65. The minimum atomic E-state index is -1.37. The highest BCUT2D eigenvalue weighted by Gasteiger charge is 2.89. The molecule has 0 spiro atoms. The lowest BCUT2D eigenvalue weighted by molar-refractivity contribution is 0.237. The third-order valence-electron chi connectivity index (χ3n) is 5.92. The summed E-state index contributed by atoms with van der Waals surface area (Å²) >= 11 is 39.5. The van der Waals surface area contributed by atoms with Crippen LogP contribution in [0.1, 0.15) is 6.42 Å². The molecule has 0 N–H and O–H groups in total. The van der Waals surface area contributed by atoms with Crippen molar-refractivity contribution in [3.63, 3.8) is 0 Å².